The molecule has 0 unspecified atom stereocenters. The first-order valence-corrected chi connectivity index (χ1v) is 4.63. The molecule has 0 aromatic rings. The van der Waals surface area contributed by atoms with Crippen molar-refractivity contribution in [1.82, 2.24) is 0 Å². The molecule has 3 atom stereocenters. The highest BCUT2D eigenvalue weighted by Gasteiger charge is 2.62. The highest BCUT2D eigenvalue weighted by Crippen LogP contribution is 2.69. The van der Waals surface area contributed by atoms with Crippen LogP contribution in [0, 0.1) is 23.2 Å². The van der Waals surface area contributed by atoms with Crippen LogP contribution in [0.4, 0.5) is 0 Å². The van der Waals surface area contributed by atoms with Crippen LogP contribution in [0.15, 0.2) is 12.2 Å². The second-order valence-electron chi connectivity index (χ2n) is 4.41. The number of carboxylic acid groups (broad SMARTS) is 1. The minimum absolute atomic E-state index is 0.178. The van der Waals surface area contributed by atoms with Gasteiger partial charge in [0.25, 0.3) is 0 Å². The van der Waals surface area contributed by atoms with Crippen molar-refractivity contribution in [2.45, 2.75) is 19.3 Å². The quantitative estimate of drug-likeness (QED) is 0.523. The summed E-state index contributed by atoms with van der Waals surface area (Å²) in [6, 6.07) is 0. The molecule has 0 radical (unpaired) electrons. The molecule has 64 valence electrons. The van der Waals surface area contributed by atoms with Gasteiger partial charge < -0.3 is 9.90 Å². The van der Waals surface area contributed by atoms with E-state index in [9.17, 15) is 9.90 Å². The zero-order valence-electron chi connectivity index (χ0n) is 6.82. The molecule has 2 heteroatoms. The number of aliphatic carboxylic acids is 1. The van der Waals surface area contributed by atoms with E-state index < -0.39 is 5.97 Å². The molecule has 2 bridgehead atoms. The van der Waals surface area contributed by atoms with E-state index in [0.717, 1.165) is 6.42 Å². The first-order chi connectivity index (χ1) is 5.74. The molecule has 0 saturated heterocycles. The third-order valence-corrected chi connectivity index (χ3v) is 4.02. The molecule has 0 aliphatic heterocycles. The third-order valence-electron chi connectivity index (χ3n) is 4.02. The van der Waals surface area contributed by atoms with Gasteiger partial charge in [-0.3, -0.25) is 0 Å². The number of hydrogen-bond donors (Lipinski definition) is 0. The summed E-state index contributed by atoms with van der Waals surface area (Å²) < 4.78 is 0. The minimum atomic E-state index is -0.835. The van der Waals surface area contributed by atoms with Crippen molar-refractivity contribution in [3.8, 4) is 0 Å². The Morgan fingerprint density at radius 1 is 1.42 bits per heavy atom. The molecular weight excluding hydrogens is 152 g/mol. The number of carboxylic acids is 1. The molecule has 2 nitrogen and oxygen atoms in total. The molecule has 0 heterocycles. The van der Waals surface area contributed by atoms with Crippen molar-refractivity contribution in [3.05, 3.63) is 12.2 Å². The van der Waals surface area contributed by atoms with Crippen molar-refractivity contribution in [2.24, 2.45) is 23.2 Å². The van der Waals surface area contributed by atoms with Gasteiger partial charge in [-0.15, -0.1) is 0 Å². The fraction of sp³-hybridized carbons (Fsp3) is 0.700. The largest absolute Gasteiger partial charge is 0.550 e. The highest BCUT2D eigenvalue weighted by atomic mass is 16.4. The lowest BCUT2D eigenvalue weighted by molar-refractivity contribution is -0.312. The zero-order valence-corrected chi connectivity index (χ0v) is 6.82. The average Bonchev–Trinajstić information content (AvgIpc) is 2.69. The molecule has 3 rings (SSSR count). The molecule has 3 aliphatic rings. The van der Waals surface area contributed by atoms with Crippen LogP contribution in [0.5, 0.6) is 0 Å². The van der Waals surface area contributed by atoms with E-state index in [0.29, 0.717) is 17.3 Å². The van der Waals surface area contributed by atoms with Gasteiger partial charge in [-0.05, 0) is 36.5 Å². The van der Waals surface area contributed by atoms with Gasteiger partial charge in [-0.25, -0.2) is 0 Å². The number of carbonyl (C=O) groups excluding carboxylic acids is 1. The average molecular weight is 163 g/mol. The summed E-state index contributed by atoms with van der Waals surface area (Å²) >= 11 is 0. The minimum Gasteiger partial charge on any atom is -0.550 e. The topological polar surface area (TPSA) is 40.1 Å². The second-order valence-corrected chi connectivity index (χ2v) is 4.41. The van der Waals surface area contributed by atoms with Crippen molar-refractivity contribution < 1.29 is 9.90 Å². The van der Waals surface area contributed by atoms with Gasteiger partial charge in [0.2, 0.25) is 0 Å². The predicted molar refractivity (Wildman–Crippen MR) is 40.9 cm³/mol. The Morgan fingerprint density at radius 2 is 2.17 bits per heavy atom. The molecule has 12 heavy (non-hydrogen) atoms. The van der Waals surface area contributed by atoms with E-state index in [1.54, 1.807) is 0 Å². The van der Waals surface area contributed by atoms with Gasteiger partial charge in [0.1, 0.15) is 0 Å². The smallest absolute Gasteiger partial charge is 0.0451 e. The lowest BCUT2D eigenvalue weighted by Crippen LogP contribution is -2.34. The second kappa shape index (κ2) is 1.76. The summed E-state index contributed by atoms with van der Waals surface area (Å²) in [4.78, 5) is 10.8. The van der Waals surface area contributed by atoms with Crippen LogP contribution in [0.25, 0.3) is 0 Å². The summed E-state index contributed by atoms with van der Waals surface area (Å²) in [6.45, 7) is 0. The van der Waals surface area contributed by atoms with Crippen molar-refractivity contribution in [1.29, 1.82) is 0 Å². The Kier molecular flexibility index (Phi) is 0.980. The fourth-order valence-corrected chi connectivity index (χ4v) is 3.24. The highest BCUT2D eigenvalue weighted by molar-refractivity contribution is 5.70. The molecule has 2 fully saturated rings. The van der Waals surface area contributed by atoms with E-state index in [2.05, 4.69) is 12.2 Å². The summed E-state index contributed by atoms with van der Waals surface area (Å²) in [6.07, 6.45) is 7.64. The molecule has 0 aromatic carbocycles. The van der Waals surface area contributed by atoms with Crippen LogP contribution in [-0.4, -0.2) is 5.97 Å². The lowest BCUT2D eigenvalue weighted by Gasteiger charge is -2.20. The van der Waals surface area contributed by atoms with Crippen LogP contribution in [-0.2, 0) is 4.79 Å². The molecular formula is C10H11O2-. The normalized spacial score (nSPS) is 45.5. The predicted octanol–water partition coefficient (Wildman–Crippen LogP) is 0.339. The number of allylic oxidation sites excluding steroid dienone is 2. The summed E-state index contributed by atoms with van der Waals surface area (Å²) in [5.74, 6) is -0.140. The van der Waals surface area contributed by atoms with Gasteiger partial charge in [0.05, 0.1) is 0 Å². The third kappa shape index (κ3) is 0.563. The van der Waals surface area contributed by atoms with Crippen molar-refractivity contribution >= 4 is 5.97 Å². The molecule has 0 N–H and O–H groups in total. The summed E-state index contributed by atoms with van der Waals surface area (Å²) in [5, 5.41) is 10.8. The maximum absolute atomic E-state index is 10.8. The Balaban J connectivity index is 1.97. The first kappa shape index (κ1) is 6.70. The summed E-state index contributed by atoms with van der Waals surface area (Å²) in [5.41, 5.74) is 0.394. The Morgan fingerprint density at radius 3 is 2.58 bits per heavy atom. The van der Waals surface area contributed by atoms with Gasteiger partial charge in [-0.2, -0.15) is 0 Å². The number of carbonyl (C=O) groups is 1. The molecule has 0 aromatic heterocycles. The fourth-order valence-electron chi connectivity index (χ4n) is 3.24. The van der Waals surface area contributed by atoms with Crippen molar-refractivity contribution in [2.75, 3.05) is 0 Å². The Bertz CT molecular complexity index is 276. The van der Waals surface area contributed by atoms with Crippen LogP contribution in [0.3, 0.4) is 0 Å². The van der Waals surface area contributed by atoms with Crippen LogP contribution < -0.4 is 5.11 Å². The number of rotatable bonds is 1. The van der Waals surface area contributed by atoms with Crippen LogP contribution >= 0.6 is 0 Å². The molecule has 2 saturated carbocycles. The monoisotopic (exact) mass is 163 g/mol. The van der Waals surface area contributed by atoms with Crippen molar-refractivity contribution in [3.63, 3.8) is 0 Å². The first-order valence-electron chi connectivity index (χ1n) is 4.63. The van der Waals surface area contributed by atoms with Gasteiger partial charge in [-0.1, -0.05) is 12.2 Å². The van der Waals surface area contributed by atoms with Crippen LogP contribution in [0.1, 0.15) is 19.3 Å². The van der Waals surface area contributed by atoms with Crippen LogP contribution in [0.2, 0.25) is 0 Å². The Hall–Kier alpha value is -0.790. The summed E-state index contributed by atoms with van der Waals surface area (Å²) in [7, 11) is 0. The molecule has 3 aliphatic carbocycles. The standard InChI is InChI=1S/C10H12O2/c11-9(12)7-5-6-1-2-8(7)10(6)3-4-10/h1-2,6-8H,3-5H2,(H,11,12)/p-1/t6-,7+,8+/m1/s1. The van der Waals surface area contributed by atoms with E-state index >= 15 is 0 Å². The zero-order chi connectivity index (χ0) is 8.34. The van der Waals surface area contributed by atoms with E-state index in [-0.39, 0.29) is 5.92 Å². The molecule has 1 spiro atoms. The van der Waals surface area contributed by atoms with Gasteiger partial charge in [0, 0.05) is 11.9 Å². The van der Waals surface area contributed by atoms with Gasteiger partial charge in [0.15, 0.2) is 0 Å². The maximum atomic E-state index is 10.8. The van der Waals surface area contributed by atoms with E-state index in [1.165, 1.54) is 12.8 Å². The van der Waals surface area contributed by atoms with E-state index in [1.807, 2.05) is 0 Å². The SMILES string of the molecule is O=C([O-])[C@H]1C[C@H]2C=C[C@@H]1C21CC1. The van der Waals surface area contributed by atoms with E-state index in [4.69, 9.17) is 0 Å². The number of hydrogen-bond acceptors (Lipinski definition) is 2. The Labute approximate surface area is 71.3 Å². The van der Waals surface area contributed by atoms with Gasteiger partial charge >= 0.3 is 0 Å². The maximum Gasteiger partial charge on any atom is 0.0451 e. The lowest BCUT2D eigenvalue weighted by atomic mass is 9.89. The molecule has 0 amide bonds.